The molecule has 1 aliphatic carbocycles. The number of hydrogen-bond donors (Lipinski definition) is 1. The molecule has 5 rings (SSSR count). The van der Waals surface area contributed by atoms with Crippen molar-refractivity contribution >= 4 is 0 Å². The van der Waals surface area contributed by atoms with Gasteiger partial charge in [0, 0.05) is 37.4 Å². The van der Waals surface area contributed by atoms with Crippen molar-refractivity contribution in [3.8, 4) is 5.75 Å². The zero-order valence-corrected chi connectivity index (χ0v) is 19.6. The fourth-order valence-electron chi connectivity index (χ4n) is 5.80. The van der Waals surface area contributed by atoms with Gasteiger partial charge in [-0.25, -0.2) is 0 Å². The molecule has 2 aliphatic heterocycles. The van der Waals surface area contributed by atoms with E-state index in [1.807, 2.05) is 6.20 Å². The largest absolute Gasteiger partial charge is 0.492 e. The number of nitrogens with one attached hydrogen (secondary N) is 1. The van der Waals surface area contributed by atoms with E-state index in [1.54, 1.807) is 0 Å². The third kappa shape index (κ3) is 5.00. The van der Waals surface area contributed by atoms with Gasteiger partial charge in [0.05, 0.1) is 11.7 Å². The van der Waals surface area contributed by atoms with Crippen molar-refractivity contribution < 1.29 is 4.74 Å². The summed E-state index contributed by atoms with van der Waals surface area (Å²) in [5, 5.41) is 3.78. The first-order valence-corrected chi connectivity index (χ1v) is 12.6. The first-order chi connectivity index (χ1) is 15.8. The van der Waals surface area contributed by atoms with Crippen LogP contribution in [0, 0.1) is 0 Å². The highest BCUT2D eigenvalue weighted by atomic mass is 16.5. The molecule has 2 aromatic rings. The van der Waals surface area contributed by atoms with E-state index in [9.17, 15) is 0 Å². The molecular weight excluding hydrogens is 396 g/mol. The van der Waals surface area contributed by atoms with Crippen molar-refractivity contribution in [1.82, 2.24) is 20.1 Å². The first kappa shape index (κ1) is 21.9. The Kier molecular flexibility index (Phi) is 7.06. The Morgan fingerprint density at radius 1 is 1.09 bits per heavy atom. The van der Waals surface area contributed by atoms with Crippen LogP contribution in [0.15, 0.2) is 36.5 Å². The normalized spacial score (nSPS) is 23.6. The highest BCUT2D eigenvalue weighted by Gasteiger charge is 2.28. The van der Waals surface area contributed by atoms with Crippen LogP contribution in [0.2, 0.25) is 0 Å². The van der Waals surface area contributed by atoms with Crippen molar-refractivity contribution in [2.45, 2.75) is 63.6 Å². The molecule has 0 amide bonds. The highest BCUT2D eigenvalue weighted by Crippen LogP contribution is 2.33. The average Bonchev–Trinajstić information content (AvgIpc) is 2.84. The summed E-state index contributed by atoms with van der Waals surface area (Å²) in [5.74, 6) is 1.10. The fourth-order valence-corrected chi connectivity index (χ4v) is 5.80. The van der Waals surface area contributed by atoms with Gasteiger partial charge < -0.3 is 10.1 Å². The van der Waals surface area contributed by atoms with Crippen LogP contribution in [0.1, 0.15) is 60.5 Å². The number of fused-ring (bicyclic) bond motifs is 2. The van der Waals surface area contributed by atoms with Crippen LogP contribution in [0.3, 0.4) is 0 Å². The Morgan fingerprint density at radius 2 is 1.97 bits per heavy atom. The minimum Gasteiger partial charge on any atom is -0.492 e. The van der Waals surface area contributed by atoms with Crippen molar-refractivity contribution in [2.75, 3.05) is 39.8 Å². The number of hydrogen-bond acceptors (Lipinski definition) is 5. The number of pyridine rings is 1. The maximum Gasteiger partial charge on any atom is 0.122 e. The van der Waals surface area contributed by atoms with Gasteiger partial charge in [0.25, 0.3) is 0 Å². The van der Waals surface area contributed by atoms with E-state index in [1.165, 1.54) is 74.0 Å². The molecular formula is C27H38N4O. The van der Waals surface area contributed by atoms with Gasteiger partial charge in [0.1, 0.15) is 12.4 Å². The zero-order valence-electron chi connectivity index (χ0n) is 19.6. The molecule has 3 heterocycles. The maximum absolute atomic E-state index is 6.33. The molecule has 1 N–H and O–H groups in total. The van der Waals surface area contributed by atoms with Crippen molar-refractivity contribution in [3.05, 3.63) is 58.9 Å². The zero-order chi connectivity index (χ0) is 21.8. The molecule has 0 unspecified atom stereocenters. The van der Waals surface area contributed by atoms with Gasteiger partial charge in [-0.1, -0.05) is 24.6 Å². The number of rotatable bonds is 7. The van der Waals surface area contributed by atoms with Gasteiger partial charge in [0.2, 0.25) is 0 Å². The van der Waals surface area contributed by atoms with E-state index in [2.05, 4.69) is 52.5 Å². The third-order valence-electron chi connectivity index (χ3n) is 7.58. The van der Waals surface area contributed by atoms with Gasteiger partial charge in [-0.05, 0) is 81.9 Å². The molecule has 1 aromatic carbocycles. The van der Waals surface area contributed by atoms with Gasteiger partial charge in [-0.15, -0.1) is 0 Å². The predicted octanol–water partition coefficient (Wildman–Crippen LogP) is 3.97. The molecule has 1 aromatic heterocycles. The van der Waals surface area contributed by atoms with Gasteiger partial charge in [0.15, 0.2) is 0 Å². The standard InChI is InChI=1S/C27H38N4O/c1-30(25-11-5-8-21-10-7-13-28-27(21)25)20-23-18-24-22(19-29-23)9-6-12-26(24)32-17-16-31-14-3-2-4-15-31/h6-7,9-10,12-13,23,25,29H,2-5,8,11,14-20H2,1H3/t23-,25+/m1/s1. The van der Waals surface area contributed by atoms with Gasteiger partial charge >= 0.3 is 0 Å². The molecule has 2 atom stereocenters. The van der Waals surface area contributed by atoms with Crippen molar-refractivity contribution in [3.63, 3.8) is 0 Å². The topological polar surface area (TPSA) is 40.6 Å². The molecule has 5 nitrogen and oxygen atoms in total. The van der Waals surface area contributed by atoms with Crippen LogP contribution in [0.25, 0.3) is 0 Å². The molecule has 5 heteroatoms. The second-order valence-electron chi connectivity index (χ2n) is 9.82. The lowest BCUT2D eigenvalue weighted by atomic mass is 9.90. The lowest BCUT2D eigenvalue weighted by Gasteiger charge is -2.36. The van der Waals surface area contributed by atoms with Crippen LogP contribution < -0.4 is 10.1 Å². The highest BCUT2D eigenvalue weighted by molar-refractivity contribution is 5.42. The van der Waals surface area contributed by atoms with E-state index >= 15 is 0 Å². The van der Waals surface area contributed by atoms with Crippen LogP contribution in [-0.4, -0.2) is 60.7 Å². The molecule has 3 aliphatic rings. The number of aromatic nitrogens is 1. The molecule has 0 spiro atoms. The van der Waals surface area contributed by atoms with Crippen LogP contribution in [0.5, 0.6) is 5.75 Å². The summed E-state index contributed by atoms with van der Waals surface area (Å²) >= 11 is 0. The Bertz CT molecular complexity index is 895. The summed E-state index contributed by atoms with van der Waals surface area (Å²) < 4.78 is 6.33. The summed E-state index contributed by atoms with van der Waals surface area (Å²) in [5.41, 5.74) is 5.52. The van der Waals surface area contributed by atoms with E-state index in [0.717, 1.165) is 38.4 Å². The summed E-state index contributed by atoms with van der Waals surface area (Å²) in [4.78, 5) is 9.82. The lowest BCUT2D eigenvalue weighted by molar-refractivity contribution is 0.179. The second kappa shape index (κ2) is 10.3. The molecule has 0 radical (unpaired) electrons. The van der Waals surface area contributed by atoms with Crippen molar-refractivity contribution in [2.24, 2.45) is 0 Å². The van der Waals surface area contributed by atoms with Gasteiger partial charge in [-0.3, -0.25) is 14.8 Å². The minimum absolute atomic E-state index is 0.430. The molecule has 0 saturated carbocycles. The summed E-state index contributed by atoms with van der Waals surface area (Å²) in [6, 6.07) is 11.8. The Morgan fingerprint density at radius 3 is 2.88 bits per heavy atom. The quantitative estimate of drug-likeness (QED) is 0.714. The van der Waals surface area contributed by atoms with Gasteiger partial charge in [-0.2, -0.15) is 0 Å². The molecule has 0 bridgehead atoms. The monoisotopic (exact) mass is 434 g/mol. The van der Waals surface area contributed by atoms with E-state index in [-0.39, 0.29) is 0 Å². The number of piperidine rings is 1. The van der Waals surface area contributed by atoms with Crippen LogP contribution in [0.4, 0.5) is 0 Å². The average molecular weight is 435 g/mol. The maximum atomic E-state index is 6.33. The molecule has 32 heavy (non-hydrogen) atoms. The fraction of sp³-hybridized carbons (Fsp3) is 0.593. The van der Waals surface area contributed by atoms with Crippen LogP contribution in [-0.2, 0) is 19.4 Å². The van der Waals surface area contributed by atoms with Crippen LogP contribution >= 0.6 is 0 Å². The summed E-state index contributed by atoms with van der Waals surface area (Å²) in [7, 11) is 2.27. The summed E-state index contributed by atoms with van der Waals surface area (Å²) in [6.07, 6.45) is 10.7. The number of aryl methyl sites for hydroxylation is 1. The number of likely N-dealkylation sites (N-methyl/N-ethyl adjacent to an activating group) is 1. The number of nitrogens with zero attached hydrogens (tertiary/aromatic N) is 3. The molecule has 1 fully saturated rings. The molecule has 172 valence electrons. The Hall–Kier alpha value is -1.95. The number of likely N-dealkylation sites (tertiary alicyclic amines) is 1. The number of benzene rings is 1. The molecule has 1 saturated heterocycles. The second-order valence-corrected chi connectivity index (χ2v) is 9.82. The minimum atomic E-state index is 0.430. The lowest BCUT2D eigenvalue weighted by Crippen LogP contribution is -2.45. The first-order valence-electron chi connectivity index (χ1n) is 12.6. The Balaban J connectivity index is 1.21. The SMILES string of the molecule is CN(C[C@H]1Cc2c(cccc2OCCN2CCCCC2)CN1)[C@H]1CCCc2cccnc21. The number of ether oxygens (including phenoxy) is 1. The Labute approximate surface area is 193 Å². The van der Waals surface area contributed by atoms with E-state index in [4.69, 9.17) is 9.72 Å². The smallest absolute Gasteiger partial charge is 0.122 e. The van der Waals surface area contributed by atoms with Crippen molar-refractivity contribution in [1.29, 1.82) is 0 Å². The van der Waals surface area contributed by atoms with E-state index < -0.39 is 0 Å². The predicted molar refractivity (Wildman–Crippen MR) is 129 cm³/mol. The van der Waals surface area contributed by atoms with E-state index in [0.29, 0.717) is 12.1 Å². The summed E-state index contributed by atoms with van der Waals surface area (Å²) in [6.45, 7) is 6.25. The third-order valence-corrected chi connectivity index (χ3v) is 7.58.